The van der Waals surface area contributed by atoms with E-state index in [0.717, 1.165) is 49.8 Å². The van der Waals surface area contributed by atoms with E-state index in [1.165, 1.54) is 0 Å². The van der Waals surface area contributed by atoms with Gasteiger partial charge in [-0.3, -0.25) is 14.6 Å². The second-order valence-corrected chi connectivity index (χ2v) is 5.82. The van der Waals surface area contributed by atoms with Crippen molar-refractivity contribution in [3.63, 3.8) is 0 Å². The van der Waals surface area contributed by atoms with Crippen molar-refractivity contribution in [1.29, 1.82) is 0 Å². The van der Waals surface area contributed by atoms with Gasteiger partial charge in [-0.05, 0) is 19.1 Å². The second kappa shape index (κ2) is 6.78. The lowest BCUT2D eigenvalue weighted by atomic mass is 10.3. The summed E-state index contributed by atoms with van der Waals surface area (Å²) < 4.78 is 1.70. The van der Waals surface area contributed by atoms with Crippen molar-refractivity contribution < 1.29 is 4.79 Å². The monoisotopic (exact) mass is 314 g/mol. The molecule has 7 nitrogen and oxygen atoms in total. The highest BCUT2D eigenvalue weighted by atomic mass is 16.2. The molecule has 3 rings (SSSR count). The van der Waals surface area contributed by atoms with Crippen LogP contribution in [0.5, 0.6) is 0 Å². The molecule has 1 aliphatic rings. The van der Waals surface area contributed by atoms with E-state index in [0.29, 0.717) is 0 Å². The second-order valence-electron chi connectivity index (χ2n) is 5.82. The molecule has 1 fully saturated rings. The fraction of sp³-hybridized carbons (Fsp3) is 0.438. The lowest BCUT2D eigenvalue weighted by molar-refractivity contribution is 0.142. The van der Waals surface area contributed by atoms with Crippen molar-refractivity contribution in [1.82, 2.24) is 24.6 Å². The Balaban J connectivity index is 1.50. The quantitative estimate of drug-likeness (QED) is 0.932. The molecule has 0 bridgehead atoms. The van der Waals surface area contributed by atoms with E-state index in [2.05, 4.69) is 20.3 Å². The number of hydrogen-bond acceptors (Lipinski definition) is 4. The highest BCUT2D eigenvalue weighted by Gasteiger charge is 2.22. The molecule has 2 aromatic rings. The number of piperazine rings is 1. The average molecular weight is 314 g/mol. The van der Waals surface area contributed by atoms with Gasteiger partial charge in [0.15, 0.2) is 0 Å². The fourth-order valence-electron chi connectivity index (χ4n) is 2.75. The van der Waals surface area contributed by atoms with Crippen LogP contribution in [0.4, 0.5) is 10.5 Å². The summed E-state index contributed by atoms with van der Waals surface area (Å²) in [5.41, 5.74) is 2.67. The van der Waals surface area contributed by atoms with Crippen molar-refractivity contribution in [2.45, 2.75) is 13.5 Å². The minimum absolute atomic E-state index is 0.0569. The number of nitrogens with zero attached hydrogens (tertiary/aromatic N) is 5. The number of rotatable bonds is 3. The lowest BCUT2D eigenvalue weighted by Gasteiger charge is -2.34. The van der Waals surface area contributed by atoms with Crippen molar-refractivity contribution >= 4 is 11.7 Å². The maximum atomic E-state index is 12.3. The predicted molar refractivity (Wildman–Crippen MR) is 88.1 cm³/mol. The highest BCUT2D eigenvalue weighted by Crippen LogP contribution is 2.13. The van der Waals surface area contributed by atoms with Crippen LogP contribution < -0.4 is 5.32 Å². The van der Waals surface area contributed by atoms with Gasteiger partial charge in [0.25, 0.3) is 0 Å². The van der Waals surface area contributed by atoms with E-state index in [9.17, 15) is 4.79 Å². The normalized spacial score (nSPS) is 15.7. The molecule has 2 aromatic heterocycles. The van der Waals surface area contributed by atoms with Gasteiger partial charge in [-0.2, -0.15) is 5.10 Å². The molecule has 23 heavy (non-hydrogen) atoms. The van der Waals surface area contributed by atoms with Crippen LogP contribution in [0, 0.1) is 6.92 Å². The van der Waals surface area contributed by atoms with Crippen molar-refractivity contribution in [3.05, 3.63) is 42.0 Å². The summed E-state index contributed by atoms with van der Waals surface area (Å²) in [5.74, 6) is 0. The summed E-state index contributed by atoms with van der Waals surface area (Å²) in [6.45, 7) is 5.88. The number of carbonyl (C=O) groups excluding carboxylic acids is 1. The molecule has 2 amide bonds. The van der Waals surface area contributed by atoms with Crippen molar-refractivity contribution in [3.8, 4) is 0 Å². The number of aromatic nitrogens is 3. The van der Waals surface area contributed by atoms with Crippen LogP contribution in [-0.4, -0.2) is 56.8 Å². The molecule has 1 aliphatic heterocycles. The van der Waals surface area contributed by atoms with Crippen LogP contribution >= 0.6 is 0 Å². The molecule has 0 unspecified atom stereocenters. The number of amides is 2. The molecule has 3 heterocycles. The first-order chi connectivity index (χ1) is 11.1. The number of hydrogen-bond donors (Lipinski definition) is 1. The average Bonchev–Trinajstić information content (AvgIpc) is 2.86. The third-order valence-corrected chi connectivity index (χ3v) is 4.03. The number of aryl methyl sites for hydroxylation is 2. The summed E-state index contributed by atoms with van der Waals surface area (Å²) >= 11 is 0. The minimum atomic E-state index is -0.0569. The van der Waals surface area contributed by atoms with Gasteiger partial charge >= 0.3 is 6.03 Å². The molecule has 0 radical (unpaired) electrons. The molecule has 7 heteroatoms. The molecule has 0 aliphatic carbocycles. The Hall–Kier alpha value is -2.41. The van der Waals surface area contributed by atoms with Gasteiger partial charge in [-0.25, -0.2) is 4.79 Å². The zero-order valence-electron chi connectivity index (χ0n) is 13.6. The largest absolute Gasteiger partial charge is 0.322 e. The van der Waals surface area contributed by atoms with Crippen molar-refractivity contribution in [2.24, 2.45) is 7.05 Å². The van der Waals surface area contributed by atoms with Crippen LogP contribution in [0.25, 0.3) is 0 Å². The first kappa shape index (κ1) is 15.5. The molecule has 122 valence electrons. The Morgan fingerprint density at radius 2 is 2.04 bits per heavy atom. The van der Waals surface area contributed by atoms with E-state index in [1.54, 1.807) is 4.68 Å². The Labute approximate surface area is 135 Å². The molecular weight excluding hydrogens is 292 g/mol. The topological polar surface area (TPSA) is 66.3 Å². The Kier molecular flexibility index (Phi) is 4.57. The number of nitrogens with one attached hydrogen (secondary N) is 1. The molecule has 0 spiro atoms. The maximum Gasteiger partial charge on any atom is 0.322 e. The molecule has 1 N–H and O–H groups in total. The van der Waals surface area contributed by atoms with Gasteiger partial charge in [0.05, 0.1) is 17.1 Å². The Morgan fingerprint density at radius 3 is 2.65 bits per heavy atom. The van der Waals surface area contributed by atoms with Gasteiger partial charge in [0, 0.05) is 52.2 Å². The molecule has 0 saturated carbocycles. The van der Waals surface area contributed by atoms with E-state index in [4.69, 9.17) is 0 Å². The van der Waals surface area contributed by atoms with Crippen LogP contribution in [-0.2, 0) is 13.6 Å². The standard InChI is InChI=1S/C16H22N6O/c1-13-15(12-20(2)19-13)18-16(23)22-9-7-21(8-10-22)11-14-5-3-4-6-17-14/h3-6,12H,7-11H2,1-2H3,(H,18,23). The summed E-state index contributed by atoms with van der Waals surface area (Å²) in [7, 11) is 1.85. The number of pyridine rings is 1. The minimum Gasteiger partial charge on any atom is -0.322 e. The number of carbonyl (C=O) groups is 1. The third-order valence-electron chi connectivity index (χ3n) is 4.03. The highest BCUT2D eigenvalue weighted by molar-refractivity contribution is 5.89. The van der Waals surface area contributed by atoms with Gasteiger partial charge < -0.3 is 10.2 Å². The van der Waals surface area contributed by atoms with E-state index in [-0.39, 0.29) is 6.03 Å². The predicted octanol–water partition coefficient (Wildman–Crippen LogP) is 1.47. The molecular formula is C16H22N6O. The number of urea groups is 1. The zero-order valence-corrected chi connectivity index (χ0v) is 13.6. The summed E-state index contributed by atoms with van der Waals surface area (Å²) in [4.78, 5) is 20.9. The first-order valence-electron chi connectivity index (χ1n) is 7.80. The van der Waals surface area contributed by atoms with Crippen LogP contribution in [0.3, 0.4) is 0 Å². The smallest absolute Gasteiger partial charge is 0.322 e. The fourth-order valence-corrected chi connectivity index (χ4v) is 2.75. The van der Waals surface area contributed by atoms with Gasteiger partial charge in [-0.15, -0.1) is 0 Å². The Morgan fingerprint density at radius 1 is 1.26 bits per heavy atom. The van der Waals surface area contributed by atoms with E-state index < -0.39 is 0 Å². The zero-order chi connectivity index (χ0) is 16.2. The van der Waals surface area contributed by atoms with Gasteiger partial charge in [-0.1, -0.05) is 6.07 Å². The summed E-state index contributed by atoms with van der Waals surface area (Å²) in [6.07, 6.45) is 3.64. The first-order valence-corrected chi connectivity index (χ1v) is 7.80. The van der Waals surface area contributed by atoms with Crippen LogP contribution in [0.15, 0.2) is 30.6 Å². The van der Waals surface area contributed by atoms with Crippen molar-refractivity contribution in [2.75, 3.05) is 31.5 Å². The third kappa shape index (κ3) is 3.87. The van der Waals surface area contributed by atoms with Gasteiger partial charge in [0.2, 0.25) is 0 Å². The molecule has 1 saturated heterocycles. The molecule has 0 atom stereocenters. The van der Waals surface area contributed by atoms with Gasteiger partial charge in [0.1, 0.15) is 0 Å². The Bertz CT molecular complexity index is 660. The molecule has 0 aromatic carbocycles. The van der Waals surface area contributed by atoms with E-state index >= 15 is 0 Å². The summed E-state index contributed by atoms with van der Waals surface area (Å²) in [6, 6.07) is 5.90. The number of anilines is 1. The summed E-state index contributed by atoms with van der Waals surface area (Å²) in [5, 5.41) is 7.17. The van der Waals surface area contributed by atoms with E-state index in [1.807, 2.05) is 49.5 Å². The maximum absolute atomic E-state index is 12.3. The van der Waals surface area contributed by atoms with Crippen LogP contribution in [0.1, 0.15) is 11.4 Å². The lowest BCUT2D eigenvalue weighted by Crippen LogP contribution is -2.49. The SMILES string of the molecule is Cc1nn(C)cc1NC(=O)N1CCN(Cc2ccccn2)CC1. The van der Waals surface area contributed by atoms with Crippen LogP contribution in [0.2, 0.25) is 0 Å².